The van der Waals surface area contributed by atoms with Crippen molar-refractivity contribution in [2.24, 2.45) is 0 Å². The molecule has 94 valence electrons. The highest BCUT2D eigenvalue weighted by Gasteiger charge is 2.16. The number of aromatic amines is 1. The predicted octanol–water partition coefficient (Wildman–Crippen LogP) is 1.78. The summed E-state index contributed by atoms with van der Waals surface area (Å²) in [4.78, 5) is 15.4. The van der Waals surface area contributed by atoms with Gasteiger partial charge < -0.3 is 0 Å². The van der Waals surface area contributed by atoms with E-state index in [-0.39, 0.29) is 11.5 Å². The SMILES string of the molecule is Cc1nc(NC(=O)c2cc(F)c(F)c(F)c2)n[nH]1. The van der Waals surface area contributed by atoms with E-state index < -0.39 is 23.4 Å². The topological polar surface area (TPSA) is 70.7 Å². The summed E-state index contributed by atoms with van der Waals surface area (Å²) < 4.78 is 38.5. The van der Waals surface area contributed by atoms with Crippen molar-refractivity contribution in [1.29, 1.82) is 0 Å². The molecule has 2 N–H and O–H groups in total. The summed E-state index contributed by atoms with van der Waals surface area (Å²) in [6, 6.07) is 1.18. The summed E-state index contributed by atoms with van der Waals surface area (Å²) in [6.45, 7) is 1.61. The Morgan fingerprint density at radius 3 is 2.39 bits per heavy atom. The molecule has 0 atom stereocenters. The van der Waals surface area contributed by atoms with Crippen molar-refractivity contribution in [3.05, 3.63) is 41.0 Å². The molecule has 1 aromatic carbocycles. The van der Waals surface area contributed by atoms with Crippen LogP contribution in [0.3, 0.4) is 0 Å². The fourth-order valence-electron chi connectivity index (χ4n) is 1.26. The minimum atomic E-state index is -1.62. The highest BCUT2D eigenvalue weighted by atomic mass is 19.2. The minimum Gasteiger partial charge on any atom is -0.289 e. The monoisotopic (exact) mass is 256 g/mol. The lowest BCUT2D eigenvalue weighted by atomic mass is 10.2. The summed E-state index contributed by atoms with van der Waals surface area (Å²) in [5.74, 6) is -4.92. The molecule has 0 spiro atoms. The fourth-order valence-corrected chi connectivity index (χ4v) is 1.26. The number of carbonyl (C=O) groups excluding carboxylic acids is 1. The van der Waals surface area contributed by atoms with Crippen LogP contribution < -0.4 is 5.32 Å². The molecule has 8 heteroatoms. The number of amides is 1. The van der Waals surface area contributed by atoms with Crippen molar-refractivity contribution in [2.45, 2.75) is 6.92 Å². The Labute approximate surface area is 99.0 Å². The van der Waals surface area contributed by atoms with Gasteiger partial charge in [0.25, 0.3) is 5.91 Å². The van der Waals surface area contributed by atoms with Gasteiger partial charge in [0.15, 0.2) is 17.5 Å². The number of H-pyrrole nitrogens is 1. The van der Waals surface area contributed by atoms with Crippen molar-refractivity contribution in [3.63, 3.8) is 0 Å². The quantitative estimate of drug-likeness (QED) is 0.804. The van der Waals surface area contributed by atoms with Gasteiger partial charge in [-0.15, -0.1) is 5.10 Å². The molecule has 5 nitrogen and oxygen atoms in total. The Hall–Kier alpha value is -2.38. The van der Waals surface area contributed by atoms with Gasteiger partial charge in [-0.1, -0.05) is 0 Å². The maximum atomic E-state index is 12.9. The summed E-state index contributed by atoms with van der Waals surface area (Å²) >= 11 is 0. The van der Waals surface area contributed by atoms with Gasteiger partial charge in [0.05, 0.1) is 0 Å². The van der Waals surface area contributed by atoms with Gasteiger partial charge in [0.1, 0.15) is 5.82 Å². The number of aryl methyl sites for hydroxylation is 1. The van der Waals surface area contributed by atoms with Crippen LogP contribution in [0.5, 0.6) is 0 Å². The van der Waals surface area contributed by atoms with Crippen molar-refractivity contribution >= 4 is 11.9 Å². The third-order valence-electron chi connectivity index (χ3n) is 2.07. The number of rotatable bonds is 2. The Morgan fingerprint density at radius 2 is 1.89 bits per heavy atom. The van der Waals surface area contributed by atoms with E-state index in [1.54, 1.807) is 6.92 Å². The van der Waals surface area contributed by atoms with Crippen LogP contribution in [-0.4, -0.2) is 21.1 Å². The van der Waals surface area contributed by atoms with Crippen molar-refractivity contribution in [2.75, 3.05) is 5.32 Å². The van der Waals surface area contributed by atoms with E-state index in [1.165, 1.54) is 0 Å². The zero-order valence-corrected chi connectivity index (χ0v) is 9.09. The van der Waals surface area contributed by atoms with E-state index in [9.17, 15) is 18.0 Å². The highest BCUT2D eigenvalue weighted by molar-refractivity contribution is 6.03. The molecule has 0 radical (unpaired) electrons. The van der Waals surface area contributed by atoms with Gasteiger partial charge in [-0.3, -0.25) is 15.2 Å². The first-order chi connectivity index (χ1) is 8.47. The Kier molecular flexibility index (Phi) is 3.00. The van der Waals surface area contributed by atoms with Crippen LogP contribution in [0.25, 0.3) is 0 Å². The average Bonchev–Trinajstić information content (AvgIpc) is 2.71. The number of carbonyl (C=O) groups is 1. The zero-order valence-electron chi connectivity index (χ0n) is 9.09. The standard InChI is InChI=1S/C10H7F3N4O/c1-4-14-10(17-16-4)15-9(18)5-2-6(11)8(13)7(12)3-5/h2-3H,1H3,(H2,14,15,16,17,18). The molecule has 1 amide bonds. The molecule has 0 bridgehead atoms. The van der Waals surface area contributed by atoms with Crippen molar-refractivity contribution in [3.8, 4) is 0 Å². The highest BCUT2D eigenvalue weighted by Crippen LogP contribution is 2.14. The molecule has 0 unspecified atom stereocenters. The first-order valence-corrected chi connectivity index (χ1v) is 4.82. The molecule has 2 rings (SSSR count). The number of halogens is 3. The lowest BCUT2D eigenvalue weighted by Gasteiger charge is -2.02. The zero-order chi connectivity index (χ0) is 13.3. The van der Waals surface area contributed by atoms with Gasteiger partial charge >= 0.3 is 0 Å². The number of aromatic nitrogens is 3. The maximum Gasteiger partial charge on any atom is 0.258 e. The smallest absolute Gasteiger partial charge is 0.258 e. The largest absolute Gasteiger partial charge is 0.289 e. The molecule has 0 saturated heterocycles. The van der Waals surface area contributed by atoms with E-state index in [2.05, 4.69) is 20.5 Å². The number of benzene rings is 1. The second-order valence-electron chi connectivity index (χ2n) is 3.45. The Bertz CT molecular complexity index is 588. The number of nitrogens with one attached hydrogen (secondary N) is 2. The Morgan fingerprint density at radius 1 is 1.28 bits per heavy atom. The lowest BCUT2D eigenvalue weighted by molar-refractivity contribution is 0.102. The third kappa shape index (κ3) is 2.31. The lowest BCUT2D eigenvalue weighted by Crippen LogP contribution is -2.14. The van der Waals surface area contributed by atoms with Gasteiger partial charge in [-0.25, -0.2) is 13.2 Å². The fraction of sp³-hybridized carbons (Fsp3) is 0.100. The first kappa shape index (κ1) is 12.1. The molecule has 1 aromatic heterocycles. The first-order valence-electron chi connectivity index (χ1n) is 4.82. The van der Waals surface area contributed by atoms with Crippen LogP contribution in [0.1, 0.15) is 16.2 Å². The summed E-state index contributed by atoms with van der Waals surface area (Å²) in [7, 11) is 0. The van der Waals surface area contributed by atoms with Gasteiger partial charge in [0.2, 0.25) is 5.95 Å². The second-order valence-corrected chi connectivity index (χ2v) is 3.45. The predicted molar refractivity (Wildman–Crippen MR) is 55.4 cm³/mol. The molecule has 0 saturated carbocycles. The van der Waals surface area contributed by atoms with Crippen LogP contribution in [0.4, 0.5) is 19.1 Å². The maximum absolute atomic E-state index is 12.9. The number of nitrogens with zero attached hydrogens (tertiary/aromatic N) is 2. The third-order valence-corrected chi connectivity index (χ3v) is 2.07. The normalized spacial score (nSPS) is 10.4. The minimum absolute atomic E-state index is 0.0392. The molecule has 0 fully saturated rings. The van der Waals surface area contributed by atoms with Crippen molar-refractivity contribution < 1.29 is 18.0 Å². The molecule has 2 aromatic rings. The van der Waals surface area contributed by atoms with Crippen LogP contribution in [0.2, 0.25) is 0 Å². The number of hydrogen-bond donors (Lipinski definition) is 2. The van der Waals surface area contributed by atoms with E-state index in [4.69, 9.17) is 0 Å². The molecular formula is C10H7F3N4O. The molecule has 0 aliphatic carbocycles. The summed E-state index contributed by atoms with van der Waals surface area (Å²) in [5.41, 5.74) is -0.367. The van der Waals surface area contributed by atoms with Gasteiger partial charge in [0, 0.05) is 5.56 Å². The Balaban J connectivity index is 2.24. The van der Waals surface area contributed by atoms with Crippen LogP contribution in [-0.2, 0) is 0 Å². The van der Waals surface area contributed by atoms with Gasteiger partial charge in [-0.2, -0.15) is 4.98 Å². The molecular weight excluding hydrogens is 249 g/mol. The van der Waals surface area contributed by atoms with E-state index in [1.807, 2.05) is 0 Å². The van der Waals surface area contributed by atoms with Gasteiger partial charge in [-0.05, 0) is 19.1 Å². The van der Waals surface area contributed by atoms with E-state index in [0.717, 1.165) is 0 Å². The van der Waals surface area contributed by atoms with Crippen LogP contribution in [0, 0.1) is 24.4 Å². The van der Waals surface area contributed by atoms with Crippen LogP contribution >= 0.6 is 0 Å². The van der Waals surface area contributed by atoms with E-state index >= 15 is 0 Å². The summed E-state index contributed by atoms with van der Waals surface area (Å²) in [6.07, 6.45) is 0. The number of hydrogen-bond acceptors (Lipinski definition) is 3. The average molecular weight is 256 g/mol. The van der Waals surface area contributed by atoms with E-state index in [0.29, 0.717) is 18.0 Å². The molecule has 18 heavy (non-hydrogen) atoms. The molecule has 1 heterocycles. The second kappa shape index (κ2) is 4.47. The molecule has 0 aliphatic heterocycles. The summed E-state index contributed by atoms with van der Waals surface area (Å²) in [5, 5.41) is 8.29. The van der Waals surface area contributed by atoms with Crippen LogP contribution in [0.15, 0.2) is 12.1 Å². The number of anilines is 1. The molecule has 0 aliphatic rings. The van der Waals surface area contributed by atoms with Crippen molar-refractivity contribution in [1.82, 2.24) is 15.2 Å².